The minimum absolute atomic E-state index is 0.00117. The summed E-state index contributed by atoms with van der Waals surface area (Å²) in [7, 11) is -1.66. The van der Waals surface area contributed by atoms with Gasteiger partial charge in [0.2, 0.25) is 10.0 Å². The number of hydrogen-bond donors (Lipinski definition) is 1. The van der Waals surface area contributed by atoms with E-state index in [1.807, 2.05) is 13.2 Å². The van der Waals surface area contributed by atoms with Gasteiger partial charge in [0.05, 0.1) is 12.4 Å². The van der Waals surface area contributed by atoms with E-state index >= 15 is 0 Å². The monoisotopic (exact) mass is 317 g/mol. The Morgan fingerprint density at radius 2 is 1.80 bits per heavy atom. The minimum Gasteiger partial charge on any atom is -0.392 e. The Bertz CT molecular complexity index is 500. The number of thioether (sulfide) groups is 1. The first-order valence-corrected chi connectivity index (χ1v) is 9.54. The number of rotatable bonds is 8. The number of sulfonamides is 1. The van der Waals surface area contributed by atoms with Crippen LogP contribution in [0.5, 0.6) is 0 Å². The average molecular weight is 317 g/mol. The highest BCUT2D eigenvalue weighted by Crippen LogP contribution is 2.15. The van der Waals surface area contributed by atoms with Gasteiger partial charge in [0, 0.05) is 13.1 Å². The van der Waals surface area contributed by atoms with Crippen LogP contribution < -0.4 is 0 Å². The zero-order valence-electron chi connectivity index (χ0n) is 12.2. The maximum absolute atomic E-state index is 12.3. The number of benzene rings is 1. The van der Waals surface area contributed by atoms with E-state index in [0.717, 1.165) is 23.3 Å². The lowest BCUT2D eigenvalue weighted by Gasteiger charge is -2.24. The van der Waals surface area contributed by atoms with Crippen molar-refractivity contribution in [3.8, 4) is 0 Å². The van der Waals surface area contributed by atoms with E-state index in [2.05, 4.69) is 0 Å². The fourth-order valence-electron chi connectivity index (χ4n) is 1.80. The molecule has 0 bridgehead atoms. The molecule has 0 aliphatic carbocycles. The van der Waals surface area contributed by atoms with Crippen LogP contribution in [0.15, 0.2) is 24.3 Å². The van der Waals surface area contributed by atoms with E-state index in [-0.39, 0.29) is 18.4 Å². The van der Waals surface area contributed by atoms with Crippen LogP contribution in [0.4, 0.5) is 0 Å². The summed E-state index contributed by atoms with van der Waals surface area (Å²) in [4.78, 5) is 0. The molecule has 0 saturated carbocycles. The predicted octanol–water partition coefficient (Wildman–Crippen LogP) is 2.08. The molecule has 1 rings (SSSR count). The molecule has 1 atom stereocenters. The van der Waals surface area contributed by atoms with Crippen molar-refractivity contribution in [1.29, 1.82) is 0 Å². The van der Waals surface area contributed by atoms with Crippen LogP contribution in [0.25, 0.3) is 0 Å². The number of hydrogen-bond acceptors (Lipinski definition) is 4. The molecule has 1 unspecified atom stereocenters. The third kappa shape index (κ3) is 5.09. The summed E-state index contributed by atoms with van der Waals surface area (Å²) in [5.74, 6) is 0.949. The van der Waals surface area contributed by atoms with Gasteiger partial charge in [-0.05, 0) is 36.5 Å². The molecule has 1 aromatic rings. The lowest BCUT2D eigenvalue weighted by atomic mass is 10.2. The second kappa shape index (κ2) is 8.02. The Morgan fingerprint density at radius 1 is 1.25 bits per heavy atom. The Morgan fingerprint density at radius 3 is 2.30 bits per heavy atom. The molecule has 0 amide bonds. The van der Waals surface area contributed by atoms with Crippen LogP contribution >= 0.6 is 11.8 Å². The maximum atomic E-state index is 12.3. The predicted molar refractivity (Wildman–Crippen MR) is 85.2 cm³/mol. The second-order valence-electron chi connectivity index (χ2n) is 4.88. The van der Waals surface area contributed by atoms with Gasteiger partial charge in [0.25, 0.3) is 0 Å². The van der Waals surface area contributed by atoms with Crippen molar-refractivity contribution in [1.82, 2.24) is 4.31 Å². The van der Waals surface area contributed by atoms with E-state index in [9.17, 15) is 8.42 Å². The highest BCUT2D eigenvalue weighted by Gasteiger charge is 2.23. The standard InChI is InChI=1S/C14H23NO3S2/c1-12(8-9-19-3)15(2)20(17,18)11-14-6-4-13(10-16)5-7-14/h4-7,12,16H,8-11H2,1-3H3. The zero-order chi connectivity index (χ0) is 15.2. The molecular weight excluding hydrogens is 294 g/mol. The Kier molecular flexibility index (Phi) is 7.02. The molecule has 0 aliphatic heterocycles. The van der Waals surface area contributed by atoms with Gasteiger partial charge < -0.3 is 5.11 Å². The van der Waals surface area contributed by atoms with Crippen LogP contribution in [-0.4, -0.2) is 42.9 Å². The summed E-state index contributed by atoms with van der Waals surface area (Å²) in [6.07, 6.45) is 2.87. The molecule has 0 spiro atoms. The quantitative estimate of drug-likeness (QED) is 0.797. The summed E-state index contributed by atoms with van der Waals surface area (Å²) in [5, 5.41) is 8.98. The molecule has 1 aromatic carbocycles. The van der Waals surface area contributed by atoms with Gasteiger partial charge in [0.15, 0.2) is 0 Å². The lowest BCUT2D eigenvalue weighted by Crippen LogP contribution is -2.36. The first kappa shape index (κ1) is 17.5. The van der Waals surface area contributed by atoms with Crippen molar-refractivity contribution in [3.05, 3.63) is 35.4 Å². The molecule has 114 valence electrons. The lowest BCUT2D eigenvalue weighted by molar-refractivity contribution is 0.282. The van der Waals surface area contributed by atoms with Crippen LogP contribution in [0.2, 0.25) is 0 Å². The van der Waals surface area contributed by atoms with E-state index in [1.165, 1.54) is 4.31 Å². The van der Waals surface area contributed by atoms with Crippen molar-refractivity contribution >= 4 is 21.8 Å². The third-order valence-electron chi connectivity index (χ3n) is 3.35. The topological polar surface area (TPSA) is 57.6 Å². The van der Waals surface area contributed by atoms with Crippen molar-refractivity contribution in [2.75, 3.05) is 19.1 Å². The van der Waals surface area contributed by atoms with E-state index in [4.69, 9.17) is 5.11 Å². The SMILES string of the molecule is CSCCC(C)N(C)S(=O)(=O)Cc1ccc(CO)cc1. The molecule has 1 N–H and O–H groups in total. The minimum atomic E-state index is -3.30. The van der Waals surface area contributed by atoms with Crippen molar-refractivity contribution in [2.24, 2.45) is 0 Å². The molecule has 0 aliphatic rings. The smallest absolute Gasteiger partial charge is 0.218 e. The summed E-state index contributed by atoms with van der Waals surface area (Å²) in [6.45, 7) is 1.90. The second-order valence-corrected chi connectivity index (χ2v) is 7.89. The van der Waals surface area contributed by atoms with Gasteiger partial charge in [-0.3, -0.25) is 0 Å². The first-order valence-electron chi connectivity index (χ1n) is 6.54. The highest BCUT2D eigenvalue weighted by atomic mass is 32.2. The normalized spacial score (nSPS) is 13.7. The van der Waals surface area contributed by atoms with Crippen LogP contribution in [0.1, 0.15) is 24.5 Å². The fraction of sp³-hybridized carbons (Fsp3) is 0.571. The van der Waals surface area contributed by atoms with Gasteiger partial charge in [-0.2, -0.15) is 11.8 Å². The summed E-state index contributed by atoms with van der Waals surface area (Å²) < 4.78 is 26.1. The van der Waals surface area contributed by atoms with Crippen molar-refractivity contribution < 1.29 is 13.5 Å². The van der Waals surface area contributed by atoms with Gasteiger partial charge in [-0.15, -0.1) is 0 Å². The number of aliphatic hydroxyl groups excluding tert-OH is 1. The number of aliphatic hydroxyl groups is 1. The zero-order valence-corrected chi connectivity index (χ0v) is 13.9. The molecule has 0 aromatic heterocycles. The largest absolute Gasteiger partial charge is 0.392 e. The van der Waals surface area contributed by atoms with E-state index in [0.29, 0.717) is 0 Å². The maximum Gasteiger partial charge on any atom is 0.218 e. The molecule has 0 radical (unpaired) electrons. The molecule has 0 fully saturated rings. The molecule has 0 heterocycles. The molecule has 4 nitrogen and oxygen atoms in total. The third-order valence-corrected chi connectivity index (χ3v) is 5.93. The molecular formula is C14H23NO3S2. The Labute approximate surface area is 126 Å². The fourth-order valence-corrected chi connectivity index (χ4v) is 3.85. The molecule has 20 heavy (non-hydrogen) atoms. The Balaban J connectivity index is 2.72. The van der Waals surface area contributed by atoms with Crippen molar-refractivity contribution in [3.63, 3.8) is 0 Å². The number of nitrogens with zero attached hydrogens (tertiary/aromatic N) is 1. The van der Waals surface area contributed by atoms with Gasteiger partial charge in [0.1, 0.15) is 0 Å². The summed E-state index contributed by atoms with van der Waals surface area (Å²) >= 11 is 1.72. The molecule has 0 saturated heterocycles. The van der Waals surface area contributed by atoms with Crippen LogP contribution in [0, 0.1) is 0 Å². The summed E-state index contributed by atoms with van der Waals surface area (Å²) in [6, 6.07) is 7.01. The van der Waals surface area contributed by atoms with E-state index in [1.54, 1.807) is 43.1 Å². The average Bonchev–Trinajstić information content (AvgIpc) is 2.44. The van der Waals surface area contributed by atoms with Gasteiger partial charge in [-0.1, -0.05) is 24.3 Å². The highest BCUT2D eigenvalue weighted by molar-refractivity contribution is 7.98. The molecule has 6 heteroatoms. The van der Waals surface area contributed by atoms with Crippen LogP contribution in [-0.2, 0) is 22.4 Å². The van der Waals surface area contributed by atoms with E-state index < -0.39 is 10.0 Å². The first-order chi connectivity index (χ1) is 9.40. The summed E-state index contributed by atoms with van der Waals surface area (Å²) in [5.41, 5.74) is 1.53. The van der Waals surface area contributed by atoms with Crippen LogP contribution in [0.3, 0.4) is 0 Å². The Hall–Kier alpha value is -0.560. The van der Waals surface area contributed by atoms with Crippen molar-refractivity contribution in [2.45, 2.75) is 31.7 Å². The van der Waals surface area contributed by atoms with Gasteiger partial charge in [-0.25, -0.2) is 12.7 Å². The van der Waals surface area contributed by atoms with Gasteiger partial charge >= 0.3 is 0 Å².